The van der Waals surface area contributed by atoms with Gasteiger partial charge in [0.1, 0.15) is 6.61 Å². The minimum Gasteiger partial charge on any atom is -0.465 e. The van der Waals surface area contributed by atoms with E-state index >= 15 is 0 Å². The van der Waals surface area contributed by atoms with Gasteiger partial charge in [-0.25, -0.2) is 9.78 Å². The lowest BCUT2D eigenvalue weighted by Crippen LogP contribution is -2.49. The average Bonchev–Trinajstić information content (AvgIpc) is 3.57. The zero-order valence-corrected chi connectivity index (χ0v) is 28.0. The second-order valence-electron chi connectivity index (χ2n) is 13.1. The van der Waals surface area contributed by atoms with E-state index in [0.29, 0.717) is 43.0 Å². The first-order valence-electron chi connectivity index (χ1n) is 16.9. The number of amides is 3. The Balaban J connectivity index is 1.75. The minimum atomic E-state index is -1.24. The highest BCUT2D eigenvalue weighted by molar-refractivity contribution is 5.87. The number of carbonyl (C=O) groups is 4. The van der Waals surface area contributed by atoms with Crippen molar-refractivity contribution in [3.8, 4) is 0 Å². The minimum absolute atomic E-state index is 0.0310. The summed E-state index contributed by atoms with van der Waals surface area (Å²) < 4.78 is 5.52. The molecule has 260 valence electrons. The molecule has 3 amide bonds. The molecule has 1 aliphatic rings. The van der Waals surface area contributed by atoms with Gasteiger partial charge in [0.2, 0.25) is 11.8 Å². The van der Waals surface area contributed by atoms with Crippen LogP contribution in [0.1, 0.15) is 95.2 Å². The number of aromatic amines is 1. The van der Waals surface area contributed by atoms with Crippen molar-refractivity contribution < 1.29 is 34.1 Å². The Bertz CT molecular complexity index is 1230. The normalized spacial score (nSPS) is 16.9. The number of aromatic nitrogens is 2. The molecule has 1 aliphatic carbocycles. The smallest absolute Gasteiger partial charge is 0.404 e. The lowest BCUT2D eigenvalue weighted by Gasteiger charge is -2.33. The van der Waals surface area contributed by atoms with Crippen molar-refractivity contribution in [1.29, 1.82) is 0 Å². The predicted molar refractivity (Wildman–Crippen MR) is 178 cm³/mol. The number of ketones is 1. The van der Waals surface area contributed by atoms with Crippen molar-refractivity contribution in [1.82, 2.24) is 25.9 Å². The first-order chi connectivity index (χ1) is 22.5. The molecule has 1 heterocycles. The summed E-state index contributed by atoms with van der Waals surface area (Å²) in [4.78, 5) is 57.1. The Kier molecular flexibility index (Phi) is 15.9. The molecule has 1 aromatic carbocycles. The van der Waals surface area contributed by atoms with Crippen LogP contribution in [-0.4, -0.2) is 82.3 Å². The molecule has 2 aromatic rings. The lowest BCUT2D eigenvalue weighted by molar-refractivity contribution is -0.125. The van der Waals surface area contributed by atoms with Crippen LogP contribution in [0.2, 0.25) is 0 Å². The van der Waals surface area contributed by atoms with Crippen LogP contribution in [0.15, 0.2) is 42.9 Å². The quantitative estimate of drug-likeness (QED) is 0.115. The number of rotatable bonds is 20. The third-order valence-corrected chi connectivity index (χ3v) is 9.18. The molecule has 12 heteroatoms. The topological polar surface area (TPSA) is 183 Å². The van der Waals surface area contributed by atoms with E-state index in [0.717, 1.165) is 25.7 Å². The van der Waals surface area contributed by atoms with Crippen molar-refractivity contribution in [2.75, 3.05) is 26.3 Å². The summed E-state index contributed by atoms with van der Waals surface area (Å²) >= 11 is 0. The van der Waals surface area contributed by atoms with E-state index in [2.05, 4.69) is 39.8 Å². The fraction of sp³-hybridized carbons (Fsp3) is 0.629. The van der Waals surface area contributed by atoms with Gasteiger partial charge >= 0.3 is 6.09 Å². The first-order valence-corrected chi connectivity index (χ1v) is 16.9. The van der Waals surface area contributed by atoms with E-state index in [4.69, 9.17) is 9.84 Å². The highest BCUT2D eigenvalue weighted by Gasteiger charge is 2.33. The lowest BCUT2D eigenvalue weighted by atomic mass is 9.80. The standard InChI is InChI=1S/C35H53N5O7/c1-23(2)27(14-15-47-21-24(3)41)17-32(42)30(16-25-10-6-4-7-11-25)40-34(44)29(31-20-36-22-39-31)19-37-33(43)28(18-38-35(45)46)26-12-8-5-9-13-26/h5,8-9,12-13,20,22-23,25,27-30,32,38,42H,4,6-7,10-11,14-19,21H2,1-3H3,(H,36,39)(H,37,43)(H,40,44)(H,45,46)/t27-,28-,29?,30-,32+/m0/s1. The van der Waals surface area contributed by atoms with E-state index in [1.165, 1.54) is 19.7 Å². The number of nitrogens with one attached hydrogen (secondary N) is 4. The number of aliphatic hydroxyl groups is 1. The third-order valence-electron chi connectivity index (χ3n) is 9.18. The largest absolute Gasteiger partial charge is 0.465 e. The number of aliphatic hydroxyl groups excluding tert-OH is 1. The van der Waals surface area contributed by atoms with Crippen LogP contribution in [0.5, 0.6) is 0 Å². The van der Waals surface area contributed by atoms with Gasteiger partial charge in [-0.3, -0.25) is 14.4 Å². The van der Waals surface area contributed by atoms with E-state index < -0.39 is 36.0 Å². The zero-order chi connectivity index (χ0) is 34.2. The molecule has 1 unspecified atom stereocenters. The van der Waals surface area contributed by atoms with Crippen molar-refractivity contribution in [2.45, 2.75) is 96.1 Å². The fourth-order valence-corrected chi connectivity index (χ4v) is 6.38. The summed E-state index contributed by atoms with van der Waals surface area (Å²) in [7, 11) is 0. The summed E-state index contributed by atoms with van der Waals surface area (Å²) in [5.74, 6) is -1.70. The summed E-state index contributed by atoms with van der Waals surface area (Å²) in [6.45, 7) is 5.98. The van der Waals surface area contributed by atoms with Gasteiger partial charge in [0.05, 0.1) is 36.0 Å². The Morgan fingerprint density at radius 1 is 1.00 bits per heavy atom. The number of nitrogens with zero attached hydrogens (tertiary/aromatic N) is 1. The molecule has 5 atom stereocenters. The molecule has 3 rings (SSSR count). The van der Waals surface area contributed by atoms with E-state index in [9.17, 15) is 24.3 Å². The Hall–Kier alpha value is -3.77. The van der Waals surface area contributed by atoms with Gasteiger partial charge in [0.25, 0.3) is 0 Å². The van der Waals surface area contributed by atoms with E-state index in [1.54, 1.807) is 30.5 Å². The molecule has 47 heavy (non-hydrogen) atoms. The van der Waals surface area contributed by atoms with Crippen LogP contribution < -0.4 is 16.0 Å². The van der Waals surface area contributed by atoms with Crippen LogP contribution in [0, 0.1) is 17.8 Å². The average molecular weight is 656 g/mol. The molecule has 0 spiro atoms. The van der Waals surface area contributed by atoms with E-state index in [-0.39, 0.29) is 43.2 Å². The summed E-state index contributed by atoms with van der Waals surface area (Å²) in [5, 5.41) is 29.1. The maximum Gasteiger partial charge on any atom is 0.404 e. The number of Topliss-reactive ketones (excluding diaryl/α,β-unsaturated/α-hetero) is 1. The summed E-state index contributed by atoms with van der Waals surface area (Å²) in [6, 6.07) is 8.36. The van der Waals surface area contributed by atoms with Gasteiger partial charge in [-0.2, -0.15) is 0 Å². The first kappa shape index (κ1) is 37.7. The summed E-state index contributed by atoms with van der Waals surface area (Å²) in [5.41, 5.74) is 1.08. The monoisotopic (exact) mass is 655 g/mol. The molecule has 1 aromatic heterocycles. The van der Waals surface area contributed by atoms with Gasteiger partial charge in [0, 0.05) is 25.9 Å². The van der Waals surface area contributed by atoms with Crippen molar-refractivity contribution in [3.05, 3.63) is 54.1 Å². The molecule has 0 radical (unpaired) electrons. The van der Waals surface area contributed by atoms with Crippen LogP contribution >= 0.6 is 0 Å². The molecule has 6 N–H and O–H groups in total. The summed E-state index contributed by atoms with van der Waals surface area (Å²) in [6.07, 6.45) is 8.40. The zero-order valence-electron chi connectivity index (χ0n) is 28.0. The second-order valence-corrected chi connectivity index (χ2v) is 13.1. The van der Waals surface area contributed by atoms with Crippen LogP contribution in [0.3, 0.4) is 0 Å². The number of hydrogen-bond acceptors (Lipinski definition) is 7. The Morgan fingerprint density at radius 2 is 1.70 bits per heavy atom. The van der Waals surface area contributed by atoms with Crippen molar-refractivity contribution in [2.24, 2.45) is 17.8 Å². The Morgan fingerprint density at radius 3 is 2.32 bits per heavy atom. The van der Waals surface area contributed by atoms with Crippen LogP contribution in [0.4, 0.5) is 4.79 Å². The highest BCUT2D eigenvalue weighted by Crippen LogP contribution is 2.30. The van der Waals surface area contributed by atoms with Gasteiger partial charge < -0.3 is 35.9 Å². The van der Waals surface area contributed by atoms with Gasteiger partial charge in [-0.15, -0.1) is 0 Å². The molecular weight excluding hydrogens is 602 g/mol. The molecular formula is C35H53N5O7. The Labute approximate surface area is 277 Å². The van der Waals surface area contributed by atoms with Crippen molar-refractivity contribution >= 4 is 23.7 Å². The molecule has 0 aliphatic heterocycles. The maximum absolute atomic E-state index is 14.0. The second kappa shape index (κ2) is 19.8. The molecule has 1 saturated carbocycles. The van der Waals surface area contributed by atoms with Gasteiger partial charge in [-0.1, -0.05) is 76.3 Å². The predicted octanol–water partition coefficient (Wildman–Crippen LogP) is 4.14. The SMILES string of the molecule is CC(=O)COCC[C@@H](C[C@@H](O)[C@H](CC1CCCCC1)NC(=O)C(CNC(=O)[C@@H](CNC(=O)O)c1ccccc1)c1c[nH]cn1)C(C)C. The third kappa shape index (κ3) is 13.1. The van der Waals surface area contributed by atoms with Gasteiger partial charge in [0.15, 0.2) is 5.78 Å². The number of carboxylic acid groups (broad SMARTS) is 1. The number of carbonyl (C=O) groups excluding carboxylic acids is 3. The molecule has 1 fully saturated rings. The van der Waals surface area contributed by atoms with E-state index in [1.807, 2.05) is 6.07 Å². The maximum atomic E-state index is 14.0. The number of imidazole rings is 1. The molecule has 0 bridgehead atoms. The van der Waals surface area contributed by atoms with Crippen LogP contribution in [-0.2, 0) is 19.1 Å². The fourth-order valence-electron chi connectivity index (χ4n) is 6.38. The van der Waals surface area contributed by atoms with Crippen molar-refractivity contribution in [3.63, 3.8) is 0 Å². The highest BCUT2D eigenvalue weighted by atomic mass is 16.5. The number of ether oxygens (including phenoxy) is 1. The molecule has 12 nitrogen and oxygen atoms in total. The molecule has 0 saturated heterocycles. The number of hydrogen-bond donors (Lipinski definition) is 6. The number of benzene rings is 1. The van der Waals surface area contributed by atoms with Gasteiger partial charge in [-0.05, 0) is 49.5 Å². The number of H-pyrrole nitrogens is 1. The van der Waals surface area contributed by atoms with Crippen LogP contribution in [0.25, 0.3) is 0 Å².